The fraction of sp³-hybridized carbons (Fsp3) is 0.235. The van der Waals surface area contributed by atoms with Crippen LogP contribution in [0.4, 0.5) is 0 Å². The highest BCUT2D eigenvalue weighted by Gasteiger charge is 2.11. The van der Waals surface area contributed by atoms with Crippen LogP contribution in [0, 0.1) is 0 Å². The predicted octanol–water partition coefficient (Wildman–Crippen LogP) is 5.40. The molecule has 0 radical (unpaired) electrons. The average Bonchev–Trinajstić information content (AvgIpc) is 3.01. The maximum Gasteiger partial charge on any atom is 0.340 e. The minimum Gasteiger partial charge on any atom is -0.462 e. The second-order valence-electron chi connectivity index (χ2n) is 4.92. The van der Waals surface area contributed by atoms with Crippen molar-refractivity contribution in [3.05, 3.63) is 72.9 Å². The molecule has 0 amide bonds. The number of halogens is 1. The average molecular weight is 362 g/mol. The van der Waals surface area contributed by atoms with Crippen molar-refractivity contribution in [2.75, 3.05) is 6.61 Å². The molecule has 0 fully saturated rings. The molecule has 0 saturated heterocycles. The Hall–Kier alpha value is -2.27. The number of carbonyl (C=O) groups is 1. The van der Waals surface area contributed by atoms with Crippen LogP contribution in [0.25, 0.3) is 16.5 Å². The van der Waals surface area contributed by atoms with Crippen molar-refractivity contribution in [3.63, 3.8) is 0 Å². The molecule has 2 aromatic rings. The van der Waals surface area contributed by atoms with E-state index in [0.717, 1.165) is 24.0 Å². The van der Waals surface area contributed by atoms with E-state index in [1.807, 2.05) is 35.0 Å². The first-order valence-corrected chi connectivity index (χ1v) is 8.69. The Morgan fingerprint density at radius 3 is 2.75 bits per heavy atom. The molecule has 7 heteroatoms. The lowest BCUT2D eigenvalue weighted by molar-refractivity contribution is -0.138. The third-order valence-corrected chi connectivity index (χ3v) is 4.36. The van der Waals surface area contributed by atoms with Crippen molar-refractivity contribution in [1.82, 2.24) is 0 Å². The minimum absolute atomic E-state index is 0.0366. The number of esters is 1. The van der Waals surface area contributed by atoms with E-state index in [2.05, 4.69) is 10.0 Å². The topological polar surface area (TPSA) is 75.1 Å². The molecule has 0 aliphatic rings. The van der Waals surface area contributed by atoms with Crippen LogP contribution in [0.1, 0.15) is 23.6 Å². The smallest absolute Gasteiger partial charge is 0.340 e. The maximum absolute atomic E-state index is 11.8. The first-order chi connectivity index (χ1) is 11.6. The van der Waals surface area contributed by atoms with Crippen molar-refractivity contribution >= 4 is 35.0 Å². The first-order valence-electron chi connectivity index (χ1n) is 7.37. The van der Waals surface area contributed by atoms with Crippen LogP contribution in [-0.2, 0) is 22.4 Å². The molecule has 124 valence electrons. The van der Waals surface area contributed by atoms with E-state index in [-0.39, 0.29) is 12.3 Å². The minimum atomic E-state index is -0.620. The number of aryl methyl sites for hydroxylation is 2. The zero-order valence-electron chi connectivity index (χ0n) is 13.1. The summed E-state index contributed by atoms with van der Waals surface area (Å²) < 4.78 is 4.90. The van der Waals surface area contributed by atoms with Crippen LogP contribution in [0.3, 0.4) is 0 Å². The maximum atomic E-state index is 11.8. The van der Waals surface area contributed by atoms with Gasteiger partial charge in [0.05, 0.1) is 6.61 Å². The van der Waals surface area contributed by atoms with Crippen molar-refractivity contribution in [2.45, 2.75) is 19.8 Å². The quantitative estimate of drug-likeness (QED) is 0.217. The molecule has 0 spiro atoms. The van der Waals surface area contributed by atoms with Gasteiger partial charge >= 0.3 is 5.97 Å². The Morgan fingerprint density at radius 2 is 2.08 bits per heavy atom. The van der Waals surface area contributed by atoms with E-state index in [1.54, 1.807) is 13.0 Å². The Bertz CT molecular complexity index is 777. The standard InChI is InChI=1S/C17H16ClN3O2S/c1-2-23-17(22)16(20-21-19)9-14-11-24-10-13(14)6-3-12-4-7-15(18)8-5-12/h4-5,7-11H,2-3,6H2,1H3. The van der Waals surface area contributed by atoms with Crippen LogP contribution in [0.15, 0.2) is 45.8 Å². The Morgan fingerprint density at radius 1 is 1.33 bits per heavy atom. The third-order valence-electron chi connectivity index (χ3n) is 3.30. The largest absolute Gasteiger partial charge is 0.462 e. The van der Waals surface area contributed by atoms with Gasteiger partial charge < -0.3 is 4.74 Å². The van der Waals surface area contributed by atoms with Crippen LogP contribution >= 0.6 is 22.9 Å². The molecule has 5 nitrogen and oxygen atoms in total. The van der Waals surface area contributed by atoms with E-state index in [4.69, 9.17) is 21.9 Å². The Labute approximate surface area is 149 Å². The molecule has 1 heterocycles. The van der Waals surface area contributed by atoms with Crippen molar-refractivity contribution in [1.29, 1.82) is 0 Å². The fourth-order valence-corrected chi connectivity index (χ4v) is 3.10. The summed E-state index contributed by atoms with van der Waals surface area (Å²) in [5, 5.41) is 8.11. The monoisotopic (exact) mass is 361 g/mol. The summed E-state index contributed by atoms with van der Waals surface area (Å²) in [5.41, 5.74) is 11.7. The summed E-state index contributed by atoms with van der Waals surface area (Å²) >= 11 is 7.43. The molecule has 0 aliphatic carbocycles. The Balaban J connectivity index is 2.15. The molecule has 1 aromatic heterocycles. The second kappa shape index (κ2) is 9.13. The summed E-state index contributed by atoms with van der Waals surface area (Å²) in [6.07, 6.45) is 3.24. The van der Waals surface area contributed by atoms with Crippen LogP contribution < -0.4 is 0 Å². The van der Waals surface area contributed by atoms with Gasteiger partial charge in [-0.25, -0.2) is 4.79 Å². The van der Waals surface area contributed by atoms with Crippen LogP contribution in [0.2, 0.25) is 5.02 Å². The summed E-state index contributed by atoms with van der Waals surface area (Å²) in [6.45, 7) is 1.93. The molecule has 24 heavy (non-hydrogen) atoms. The number of nitrogens with zero attached hydrogens (tertiary/aromatic N) is 3. The van der Waals surface area contributed by atoms with Gasteiger partial charge in [0.15, 0.2) is 0 Å². The first kappa shape index (κ1) is 18.1. The molecule has 0 bridgehead atoms. The fourth-order valence-electron chi connectivity index (χ4n) is 2.12. The highest BCUT2D eigenvalue weighted by Crippen LogP contribution is 2.22. The van der Waals surface area contributed by atoms with Crippen LogP contribution in [-0.4, -0.2) is 12.6 Å². The highest BCUT2D eigenvalue weighted by molar-refractivity contribution is 7.08. The number of hydrogen-bond donors (Lipinski definition) is 0. The van der Waals surface area contributed by atoms with E-state index in [1.165, 1.54) is 16.9 Å². The molecule has 0 atom stereocenters. The van der Waals surface area contributed by atoms with Crippen molar-refractivity contribution < 1.29 is 9.53 Å². The predicted molar refractivity (Wildman–Crippen MR) is 96.9 cm³/mol. The van der Waals surface area contributed by atoms with Crippen molar-refractivity contribution in [3.8, 4) is 0 Å². The zero-order valence-corrected chi connectivity index (χ0v) is 14.7. The number of carbonyl (C=O) groups excluding carboxylic acids is 1. The zero-order chi connectivity index (χ0) is 17.4. The molecule has 0 saturated carbocycles. The van der Waals surface area contributed by atoms with Gasteiger partial charge in [-0.05, 0) is 71.0 Å². The Kier molecular flexibility index (Phi) is 6.88. The van der Waals surface area contributed by atoms with Gasteiger partial charge in [0, 0.05) is 9.93 Å². The number of thiophene rings is 1. The van der Waals surface area contributed by atoms with Gasteiger partial charge in [-0.1, -0.05) is 28.8 Å². The molecule has 2 rings (SSSR count). The summed E-state index contributed by atoms with van der Waals surface area (Å²) in [5.74, 6) is -0.620. The molecule has 0 aliphatic heterocycles. The molecule has 0 N–H and O–H groups in total. The van der Waals surface area contributed by atoms with E-state index >= 15 is 0 Å². The van der Waals surface area contributed by atoms with Crippen LogP contribution in [0.5, 0.6) is 0 Å². The molecular weight excluding hydrogens is 346 g/mol. The van der Waals surface area contributed by atoms with Crippen molar-refractivity contribution in [2.24, 2.45) is 5.11 Å². The number of benzene rings is 1. The lowest BCUT2D eigenvalue weighted by atomic mass is 10.0. The highest BCUT2D eigenvalue weighted by atomic mass is 35.5. The van der Waals surface area contributed by atoms with E-state index in [0.29, 0.717) is 5.02 Å². The summed E-state index contributed by atoms with van der Waals surface area (Å²) in [6, 6.07) is 7.72. The number of rotatable bonds is 7. The second-order valence-corrected chi connectivity index (χ2v) is 6.10. The third kappa shape index (κ3) is 5.13. The molecule has 1 aromatic carbocycles. The number of ether oxygens (including phenoxy) is 1. The lowest BCUT2D eigenvalue weighted by Gasteiger charge is -2.04. The summed E-state index contributed by atoms with van der Waals surface area (Å²) in [4.78, 5) is 14.5. The lowest BCUT2D eigenvalue weighted by Crippen LogP contribution is -2.05. The summed E-state index contributed by atoms with van der Waals surface area (Å²) in [7, 11) is 0. The SMILES string of the molecule is CCOC(=O)C(=Cc1cscc1CCc1ccc(Cl)cc1)N=[N+]=[N-]. The molecular formula is C17H16ClN3O2S. The molecule has 0 unspecified atom stereocenters. The van der Waals surface area contributed by atoms with E-state index in [9.17, 15) is 4.79 Å². The number of hydrogen-bond acceptors (Lipinski definition) is 4. The number of azide groups is 1. The van der Waals surface area contributed by atoms with E-state index < -0.39 is 5.97 Å². The normalized spacial score (nSPS) is 11.0. The van der Waals surface area contributed by atoms with Gasteiger partial charge in [0.1, 0.15) is 5.70 Å². The van der Waals surface area contributed by atoms with Gasteiger partial charge in [0.25, 0.3) is 0 Å². The van der Waals surface area contributed by atoms with Gasteiger partial charge in [-0.3, -0.25) is 0 Å². The van der Waals surface area contributed by atoms with Gasteiger partial charge in [-0.15, -0.1) is 0 Å². The van der Waals surface area contributed by atoms with Gasteiger partial charge in [-0.2, -0.15) is 11.3 Å². The van der Waals surface area contributed by atoms with Gasteiger partial charge in [0.2, 0.25) is 0 Å².